The molecule has 2 aromatic carbocycles. The van der Waals surface area contributed by atoms with Gasteiger partial charge in [0.2, 0.25) is 0 Å². The molecule has 0 radical (unpaired) electrons. The SMILES string of the molecule is Fc1cc2c(cc1Cl)CC(c1ccc(OC(F)(F)F)cc1)=N2. The molecule has 0 bridgehead atoms. The maximum Gasteiger partial charge on any atom is 0.573 e. The molecule has 3 rings (SSSR count). The van der Waals surface area contributed by atoms with Crippen molar-refractivity contribution in [3.63, 3.8) is 0 Å². The summed E-state index contributed by atoms with van der Waals surface area (Å²) in [5.74, 6) is -0.860. The third-order valence-electron chi connectivity index (χ3n) is 3.16. The van der Waals surface area contributed by atoms with Crippen molar-refractivity contribution >= 4 is 23.0 Å². The number of halogens is 5. The minimum Gasteiger partial charge on any atom is -0.406 e. The molecule has 0 unspecified atom stereocenters. The Kier molecular flexibility index (Phi) is 3.56. The molecule has 2 aromatic rings. The van der Waals surface area contributed by atoms with Crippen LogP contribution in [-0.4, -0.2) is 12.1 Å². The Balaban J connectivity index is 1.83. The highest BCUT2D eigenvalue weighted by Gasteiger charge is 2.31. The molecule has 0 aliphatic carbocycles. The minimum atomic E-state index is -4.73. The number of hydrogen-bond donors (Lipinski definition) is 0. The number of alkyl halides is 3. The Morgan fingerprint density at radius 3 is 2.41 bits per heavy atom. The van der Waals surface area contributed by atoms with Crippen molar-refractivity contribution in [2.24, 2.45) is 4.99 Å². The second-order valence-corrected chi connectivity index (χ2v) is 5.11. The third-order valence-corrected chi connectivity index (χ3v) is 3.45. The van der Waals surface area contributed by atoms with Gasteiger partial charge in [-0.25, -0.2) is 4.39 Å². The van der Waals surface area contributed by atoms with Crippen LogP contribution in [0, 0.1) is 5.82 Å². The van der Waals surface area contributed by atoms with Gasteiger partial charge < -0.3 is 4.74 Å². The molecular weight excluding hydrogens is 322 g/mol. The highest BCUT2D eigenvalue weighted by atomic mass is 35.5. The topological polar surface area (TPSA) is 21.6 Å². The molecule has 114 valence electrons. The predicted octanol–water partition coefficient (Wildman–Crippen LogP) is 5.05. The molecule has 0 aromatic heterocycles. The van der Waals surface area contributed by atoms with E-state index in [1.807, 2.05) is 0 Å². The number of aliphatic imine (C=N–C) groups is 1. The van der Waals surface area contributed by atoms with E-state index in [0.29, 0.717) is 23.4 Å². The lowest BCUT2D eigenvalue weighted by Crippen LogP contribution is -2.17. The number of ether oxygens (including phenoxy) is 1. The molecule has 0 saturated heterocycles. The maximum absolute atomic E-state index is 13.4. The zero-order valence-electron chi connectivity index (χ0n) is 10.9. The number of benzene rings is 2. The van der Waals surface area contributed by atoms with E-state index in [0.717, 1.165) is 5.56 Å². The van der Waals surface area contributed by atoms with Gasteiger partial charge in [0.05, 0.1) is 16.4 Å². The molecule has 1 heterocycles. The first kappa shape index (κ1) is 14.8. The minimum absolute atomic E-state index is 0.0177. The lowest BCUT2D eigenvalue weighted by molar-refractivity contribution is -0.274. The molecule has 1 aliphatic rings. The molecule has 22 heavy (non-hydrogen) atoms. The standard InChI is InChI=1S/C15H8ClF4NO/c16-11-5-9-6-13(21-14(9)7-12(11)17)8-1-3-10(4-2-8)22-15(18,19)20/h1-5,7H,6H2. The van der Waals surface area contributed by atoms with Gasteiger partial charge in [0, 0.05) is 12.5 Å². The van der Waals surface area contributed by atoms with Crippen molar-refractivity contribution < 1.29 is 22.3 Å². The van der Waals surface area contributed by atoms with Gasteiger partial charge in [0.25, 0.3) is 0 Å². The summed E-state index contributed by atoms with van der Waals surface area (Å²) in [5.41, 5.74) is 2.53. The van der Waals surface area contributed by atoms with Crippen LogP contribution in [0.15, 0.2) is 41.4 Å². The first-order chi connectivity index (χ1) is 10.3. The number of fused-ring (bicyclic) bond motifs is 1. The van der Waals surface area contributed by atoms with Crippen molar-refractivity contribution in [2.75, 3.05) is 0 Å². The van der Waals surface area contributed by atoms with E-state index in [2.05, 4.69) is 9.73 Å². The van der Waals surface area contributed by atoms with E-state index in [4.69, 9.17) is 11.6 Å². The van der Waals surface area contributed by atoms with Crippen LogP contribution in [0.2, 0.25) is 5.02 Å². The van der Waals surface area contributed by atoms with Crippen LogP contribution in [0.5, 0.6) is 5.75 Å². The Labute approximate surface area is 128 Å². The van der Waals surface area contributed by atoms with Crippen molar-refractivity contribution in [3.05, 3.63) is 58.4 Å². The molecule has 0 atom stereocenters. The number of nitrogens with zero attached hydrogens (tertiary/aromatic N) is 1. The molecular formula is C15H8ClF4NO. The summed E-state index contributed by atoms with van der Waals surface area (Å²) >= 11 is 5.72. The Bertz CT molecular complexity index is 753. The highest BCUT2D eigenvalue weighted by Crippen LogP contribution is 2.33. The van der Waals surface area contributed by atoms with Gasteiger partial charge in [-0.15, -0.1) is 13.2 Å². The zero-order chi connectivity index (χ0) is 15.9. The van der Waals surface area contributed by atoms with Crippen molar-refractivity contribution in [2.45, 2.75) is 12.8 Å². The van der Waals surface area contributed by atoms with Crippen LogP contribution < -0.4 is 4.74 Å². The second kappa shape index (κ2) is 5.28. The maximum atomic E-state index is 13.4. The van der Waals surface area contributed by atoms with E-state index in [1.54, 1.807) is 0 Å². The van der Waals surface area contributed by atoms with E-state index < -0.39 is 12.2 Å². The summed E-state index contributed by atoms with van der Waals surface area (Å²) in [6.07, 6.45) is -4.29. The Morgan fingerprint density at radius 1 is 1.09 bits per heavy atom. The van der Waals surface area contributed by atoms with Gasteiger partial charge in [0.1, 0.15) is 11.6 Å². The van der Waals surface area contributed by atoms with Crippen LogP contribution in [0.1, 0.15) is 11.1 Å². The predicted molar refractivity (Wildman–Crippen MR) is 74.4 cm³/mol. The largest absolute Gasteiger partial charge is 0.573 e. The van der Waals surface area contributed by atoms with Gasteiger partial charge in [-0.3, -0.25) is 4.99 Å². The van der Waals surface area contributed by atoms with Gasteiger partial charge >= 0.3 is 6.36 Å². The molecule has 0 fully saturated rings. The van der Waals surface area contributed by atoms with Crippen LogP contribution in [0.3, 0.4) is 0 Å². The highest BCUT2D eigenvalue weighted by molar-refractivity contribution is 6.31. The third kappa shape index (κ3) is 3.06. The normalized spacial score (nSPS) is 13.8. The first-order valence-corrected chi connectivity index (χ1v) is 6.61. The molecule has 0 saturated carbocycles. The quantitative estimate of drug-likeness (QED) is 0.706. The molecule has 7 heteroatoms. The molecule has 1 aliphatic heterocycles. The van der Waals surface area contributed by atoms with Crippen LogP contribution in [0.25, 0.3) is 0 Å². The van der Waals surface area contributed by atoms with Crippen LogP contribution in [0.4, 0.5) is 23.2 Å². The summed E-state index contributed by atoms with van der Waals surface area (Å²) in [5, 5.41) is 0.0177. The van der Waals surface area contributed by atoms with Crippen LogP contribution in [-0.2, 0) is 6.42 Å². The monoisotopic (exact) mass is 329 g/mol. The molecule has 0 spiro atoms. The number of rotatable bonds is 2. The van der Waals surface area contributed by atoms with E-state index in [1.165, 1.54) is 36.4 Å². The first-order valence-electron chi connectivity index (χ1n) is 6.23. The fourth-order valence-corrected chi connectivity index (χ4v) is 2.39. The zero-order valence-corrected chi connectivity index (χ0v) is 11.7. The molecule has 0 amide bonds. The summed E-state index contributed by atoms with van der Waals surface area (Å²) in [4.78, 5) is 4.28. The van der Waals surface area contributed by atoms with Gasteiger partial charge in [-0.2, -0.15) is 0 Å². The smallest absolute Gasteiger partial charge is 0.406 e. The van der Waals surface area contributed by atoms with Crippen molar-refractivity contribution in [3.8, 4) is 5.75 Å². The van der Waals surface area contributed by atoms with Gasteiger partial charge in [0.15, 0.2) is 0 Å². The summed E-state index contributed by atoms with van der Waals surface area (Å²) in [7, 11) is 0. The van der Waals surface area contributed by atoms with Crippen molar-refractivity contribution in [1.82, 2.24) is 0 Å². The molecule has 2 nitrogen and oxygen atoms in total. The number of hydrogen-bond acceptors (Lipinski definition) is 2. The molecule has 0 N–H and O–H groups in total. The van der Waals surface area contributed by atoms with Crippen LogP contribution >= 0.6 is 11.6 Å². The Morgan fingerprint density at radius 2 is 1.77 bits per heavy atom. The summed E-state index contributed by atoms with van der Waals surface area (Å²) < 4.78 is 53.5. The fourth-order valence-electron chi connectivity index (χ4n) is 2.20. The average Bonchev–Trinajstić information content (AvgIpc) is 2.81. The lowest BCUT2D eigenvalue weighted by atomic mass is 10.0. The fraction of sp³-hybridized carbons (Fsp3) is 0.133. The van der Waals surface area contributed by atoms with Gasteiger partial charge in [-0.05, 0) is 41.5 Å². The summed E-state index contributed by atoms with van der Waals surface area (Å²) in [6, 6.07) is 8.12. The lowest BCUT2D eigenvalue weighted by Gasteiger charge is -2.09. The van der Waals surface area contributed by atoms with E-state index in [-0.39, 0.29) is 10.8 Å². The Hall–Kier alpha value is -2.08. The van der Waals surface area contributed by atoms with E-state index in [9.17, 15) is 17.6 Å². The summed E-state index contributed by atoms with van der Waals surface area (Å²) in [6.45, 7) is 0. The van der Waals surface area contributed by atoms with Crippen molar-refractivity contribution in [1.29, 1.82) is 0 Å². The second-order valence-electron chi connectivity index (χ2n) is 4.70. The van der Waals surface area contributed by atoms with E-state index >= 15 is 0 Å². The van der Waals surface area contributed by atoms with Gasteiger partial charge in [-0.1, -0.05) is 11.6 Å². The average molecular weight is 330 g/mol.